The molecule has 0 aromatic heterocycles. The lowest BCUT2D eigenvalue weighted by molar-refractivity contribution is 0.137. The first-order valence-corrected chi connectivity index (χ1v) is 10.3. The number of hydrogen-bond acceptors (Lipinski definition) is 3. The normalized spacial score (nSPS) is 13.7. The van der Waals surface area contributed by atoms with Crippen LogP contribution in [0.15, 0.2) is 12.1 Å². The number of carbonyl (C=O) groups excluding carboxylic acids is 1. The molecular weight excluding hydrogens is 336 g/mol. The first-order valence-electron chi connectivity index (χ1n) is 10.8. The molecule has 0 bridgehead atoms. The van der Waals surface area contributed by atoms with E-state index in [2.05, 4.69) is 39.5 Å². The first-order chi connectivity index (χ1) is 13.0. The average Bonchev–Trinajstić information content (AvgIpc) is 2.59. The van der Waals surface area contributed by atoms with Crippen LogP contribution < -0.4 is 4.74 Å². The van der Waals surface area contributed by atoms with Gasteiger partial charge >= 0.3 is 6.09 Å². The number of ether oxygens (including phenoxy) is 1. The quantitative estimate of drug-likeness (QED) is 0.521. The Morgan fingerprint density at radius 3 is 2.22 bits per heavy atom. The van der Waals surface area contributed by atoms with Crippen LogP contribution in [0.25, 0.3) is 0 Å². The average molecular weight is 378 g/mol. The van der Waals surface area contributed by atoms with Crippen molar-refractivity contribution in [1.29, 1.82) is 0 Å². The van der Waals surface area contributed by atoms with Gasteiger partial charge in [-0.2, -0.15) is 0 Å². The molecule has 1 aromatic carbocycles. The highest BCUT2D eigenvalue weighted by Gasteiger charge is 2.26. The van der Waals surface area contributed by atoms with Crippen molar-refractivity contribution >= 4 is 6.09 Å². The second-order valence-electron chi connectivity index (χ2n) is 7.73. The lowest BCUT2D eigenvalue weighted by Gasteiger charge is -2.36. The monoisotopic (exact) mass is 377 g/mol. The molecule has 1 rings (SSSR count). The molecule has 0 fully saturated rings. The maximum absolute atomic E-state index is 12.8. The third kappa shape index (κ3) is 5.71. The Labute approximate surface area is 168 Å². The molecule has 4 heteroatoms. The lowest BCUT2D eigenvalue weighted by Crippen LogP contribution is -2.39. The Balaban J connectivity index is 3.31. The van der Waals surface area contributed by atoms with Crippen molar-refractivity contribution < 1.29 is 10.9 Å². The largest absolute Gasteiger partial charge is 0.415 e. The van der Waals surface area contributed by atoms with E-state index in [9.17, 15) is 4.79 Å². The highest BCUT2D eigenvalue weighted by atomic mass is 16.6. The lowest BCUT2D eigenvalue weighted by atomic mass is 9.92. The summed E-state index contributed by atoms with van der Waals surface area (Å²) in [6.07, 6.45) is 1.32. The predicted octanol–water partition coefficient (Wildman–Crippen LogP) is 6.10. The van der Waals surface area contributed by atoms with Gasteiger partial charge in [0.25, 0.3) is 0 Å². The van der Waals surface area contributed by atoms with Crippen LogP contribution in [0.2, 0.25) is 0 Å². The topological polar surface area (TPSA) is 32.8 Å². The zero-order chi connectivity index (χ0) is 21.6. The summed E-state index contributed by atoms with van der Waals surface area (Å²) in [5.41, 5.74) is 3.48. The van der Waals surface area contributed by atoms with Gasteiger partial charge in [-0.15, -0.1) is 0 Å². The van der Waals surface area contributed by atoms with E-state index in [0.717, 1.165) is 24.9 Å². The third-order valence-electron chi connectivity index (χ3n) is 5.24. The van der Waals surface area contributed by atoms with Gasteiger partial charge in [-0.05, 0) is 83.7 Å². The summed E-state index contributed by atoms with van der Waals surface area (Å²) >= 11 is 0. The third-order valence-corrected chi connectivity index (χ3v) is 5.24. The summed E-state index contributed by atoms with van der Waals surface area (Å²) in [5.74, 6) is 0.592. The van der Waals surface area contributed by atoms with Gasteiger partial charge in [-0.1, -0.05) is 26.8 Å². The number of hydrogen-bond donors (Lipinski definition) is 0. The molecule has 0 saturated heterocycles. The predicted molar refractivity (Wildman–Crippen MR) is 115 cm³/mol. The number of rotatable bonds is 9. The van der Waals surface area contributed by atoms with Crippen LogP contribution >= 0.6 is 0 Å². The highest BCUT2D eigenvalue weighted by molar-refractivity contribution is 5.71. The fraction of sp³-hybridized carbons (Fsp3) is 0.696. The van der Waals surface area contributed by atoms with Crippen LogP contribution in [-0.4, -0.2) is 41.0 Å². The Morgan fingerprint density at radius 2 is 1.78 bits per heavy atom. The molecule has 0 saturated carbocycles. The van der Waals surface area contributed by atoms with E-state index in [1.54, 1.807) is 13.8 Å². The molecule has 1 atom stereocenters. The summed E-state index contributed by atoms with van der Waals surface area (Å²) in [6.45, 7) is 19.9. The van der Waals surface area contributed by atoms with Crippen molar-refractivity contribution in [3.63, 3.8) is 0 Å². The SMILES string of the molecule is [2H]C(C)(C)N(CCC)C(=O)Oc1ccc(C)c([C@H](CC)N(CC)C(C)C)c1C. The number of amides is 1. The van der Waals surface area contributed by atoms with Crippen LogP contribution in [-0.2, 0) is 0 Å². The van der Waals surface area contributed by atoms with E-state index < -0.39 is 12.1 Å². The van der Waals surface area contributed by atoms with Crippen LogP contribution in [0.3, 0.4) is 0 Å². The summed E-state index contributed by atoms with van der Waals surface area (Å²) in [7, 11) is 0. The minimum atomic E-state index is -1.02. The van der Waals surface area contributed by atoms with E-state index in [1.165, 1.54) is 16.0 Å². The minimum Gasteiger partial charge on any atom is -0.410 e. The molecule has 0 heterocycles. The molecule has 0 unspecified atom stereocenters. The molecule has 0 spiro atoms. The van der Waals surface area contributed by atoms with E-state index in [0.29, 0.717) is 18.3 Å². The molecule has 4 nitrogen and oxygen atoms in total. The smallest absolute Gasteiger partial charge is 0.410 e. The maximum Gasteiger partial charge on any atom is 0.415 e. The van der Waals surface area contributed by atoms with E-state index in [-0.39, 0.29) is 6.04 Å². The number of nitrogens with zero attached hydrogens (tertiary/aromatic N) is 2. The van der Waals surface area contributed by atoms with Gasteiger partial charge in [0, 0.05) is 24.6 Å². The van der Waals surface area contributed by atoms with Gasteiger partial charge in [0.2, 0.25) is 0 Å². The van der Waals surface area contributed by atoms with Crippen LogP contribution in [0.1, 0.15) is 85.4 Å². The van der Waals surface area contributed by atoms with Crippen molar-refractivity contribution in [2.75, 3.05) is 13.1 Å². The van der Waals surface area contributed by atoms with Crippen LogP contribution in [0, 0.1) is 13.8 Å². The van der Waals surface area contributed by atoms with Gasteiger partial charge in [-0.3, -0.25) is 4.90 Å². The molecule has 27 heavy (non-hydrogen) atoms. The summed E-state index contributed by atoms with van der Waals surface area (Å²) < 4.78 is 14.1. The molecule has 0 radical (unpaired) electrons. The number of benzene rings is 1. The van der Waals surface area contributed by atoms with Crippen molar-refractivity contribution in [3.05, 3.63) is 28.8 Å². The number of aryl methyl sites for hydroxylation is 1. The van der Waals surface area contributed by atoms with Crippen LogP contribution in [0.5, 0.6) is 5.75 Å². The standard InChI is InChI=1S/C23H40N2O2/c1-10-15-25(17(6)7)23(26)27-21-14-13-18(8)22(19(21)9)20(11-2)24(12-3)16(4)5/h13-14,16-17,20H,10-12,15H2,1-9H3/t20-/m0/s1/i17D. The van der Waals surface area contributed by atoms with Gasteiger partial charge in [-0.25, -0.2) is 4.79 Å². The van der Waals surface area contributed by atoms with Crippen molar-refractivity contribution in [2.24, 2.45) is 0 Å². The van der Waals surface area contributed by atoms with E-state index in [4.69, 9.17) is 6.11 Å². The minimum absolute atomic E-state index is 0.281. The highest BCUT2D eigenvalue weighted by Crippen LogP contribution is 2.35. The van der Waals surface area contributed by atoms with E-state index >= 15 is 0 Å². The van der Waals surface area contributed by atoms with Crippen molar-refractivity contribution in [3.8, 4) is 5.75 Å². The summed E-state index contributed by atoms with van der Waals surface area (Å²) in [6, 6.07) is 3.62. The van der Waals surface area contributed by atoms with Gasteiger partial charge in [0.1, 0.15) is 5.75 Å². The Morgan fingerprint density at radius 1 is 1.15 bits per heavy atom. The molecular formula is C23H40N2O2. The fourth-order valence-corrected chi connectivity index (χ4v) is 3.89. The molecule has 154 valence electrons. The van der Waals surface area contributed by atoms with Crippen LogP contribution in [0.4, 0.5) is 4.79 Å². The summed E-state index contributed by atoms with van der Waals surface area (Å²) in [5, 5.41) is 0. The molecule has 0 aliphatic rings. The van der Waals surface area contributed by atoms with E-state index in [1.807, 2.05) is 26.0 Å². The molecule has 1 aromatic rings. The maximum atomic E-state index is 12.8. The molecule has 0 aliphatic heterocycles. The molecule has 1 amide bonds. The second kappa shape index (κ2) is 10.7. The molecule has 0 aliphatic carbocycles. The zero-order valence-corrected chi connectivity index (χ0v) is 18.8. The Kier molecular flexibility index (Phi) is 8.62. The first kappa shape index (κ1) is 21.7. The fourth-order valence-electron chi connectivity index (χ4n) is 3.89. The Bertz CT molecular complexity index is 653. The van der Waals surface area contributed by atoms with Gasteiger partial charge in [0.05, 0.1) is 1.37 Å². The number of carbonyl (C=O) groups is 1. The Hall–Kier alpha value is -1.55. The molecule has 0 N–H and O–H groups in total. The van der Waals surface area contributed by atoms with Gasteiger partial charge in [0.15, 0.2) is 0 Å². The van der Waals surface area contributed by atoms with Crippen molar-refractivity contribution in [2.45, 2.75) is 93.3 Å². The second-order valence-corrected chi connectivity index (χ2v) is 7.73. The zero-order valence-electron chi connectivity index (χ0n) is 19.8. The summed E-state index contributed by atoms with van der Waals surface area (Å²) in [4.78, 5) is 16.8. The van der Waals surface area contributed by atoms with Gasteiger partial charge < -0.3 is 9.64 Å². The van der Waals surface area contributed by atoms with Crippen molar-refractivity contribution in [1.82, 2.24) is 9.80 Å².